The first-order valence-electron chi connectivity index (χ1n) is 9.02. The van der Waals surface area contributed by atoms with Crippen molar-refractivity contribution in [3.05, 3.63) is 58.6 Å². The van der Waals surface area contributed by atoms with Crippen LogP contribution < -0.4 is 9.46 Å². The van der Waals surface area contributed by atoms with Crippen molar-refractivity contribution in [2.45, 2.75) is 32.6 Å². The molecule has 4 nitrogen and oxygen atoms in total. The summed E-state index contributed by atoms with van der Waals surface area (Å²) in [6.45, 7) is 4.58. The molecule has 1 aliphatic rings. The van der Waals surface area contributed by atoms with E-state index in [2.05, 4.69) is 18.6 Å². The van der Waals surface area contributed by atoms with Crippen LogP contribution in [0.5, 0.6) is 5.75 Å². The fourth-order valence-corrected chi connectivity index (χ4v) is 4.93. The highest BCUT2D eigenvalue weighted by molar-refractivity contribution is 7.92. The standard InChI is InChI=1S/C21H26ClNO3S/c1-21(2)18(11-7-15-13-16(22)8-12-19(15)26-3)20(21)14-5-9-17(10-6-14)23-27(4,24)25/h5-6,8-10,12-13,18,20,23H,7,11H2,1-4H3/t18-,20-/m0/s1. The molecule has 0 amide bonds. The number of methoxy groups -OCH3 is 1. The van der Waals surface area contributed by atoms with E-state index < -0.39 is 10.0 Å². The van der Waals surface area contributed by atoms with Gasteiger partial charge in [0.15, 0.2) is 0 Å². The first-order chi connectivity index (χ1) is 12.6. The predicted octanol–water partition coefficient (Wildman–Crippen LogP) is 5.09. The Hall–Kier alpha value is -1.72. The van der Waals surface area contributed by atoms with Crippen LogP contribution in [0.4, 0.5) is 5.69 Å². The van der Waals surface area contributed by atoms with E-state index >= 15 is 0 Å². The van der Waals surface area contributed by atoms with E-state index in [0.717, 1.165) is 35.4 Å². The Morgan fingerprint density at radius 2 is 1.81 bits per heavy atom. The first kappa shape index (κ1) is 20.0. The Kier molecular flexibility index (Phi) is 5.46. The number of ether oxygens (including phenoxy) is 1. The zero-order valence-electron chi connectivity index (χ0n) is 16.1. The van der Waals surface area contributed by atoms with Gasteiger partial charge >= 0.3 is 0 Å². The fourth-order valence-electron chi connectivity index (χ4n) is 4.17. The van der Waals surface area contributed by atoms with Crippen LogP contribution in [0.1, 0.15) is 37.3 Å². The minimum absolute atomic E-state index is 0.220. The number of anilines is 1. The zero-order chi connectivity index (χ0) is 19.8. The molecule has 2 aromatic carbocycles. The van der Waals surface area contributed by atoms with E-state index in [-0.39, 0.29) is 5.41 Å². The predicted molar refractivity (Wildman–Crippen MR) is 111 cm³/mol. The van der Waals surface area contributed by atoms with Crippen LogP contribution in [0.15, 0.2) is 42.5 Å². The third kappa shape index (κ3) is 4.58. The van der Waals surface area contributed by atoms with Crippen molar-refractivity contribution in [1.82, 2.24) is 0 Å². The molecule has 146 valence electrons. The van der Waals surface area contributed by atoms with Gasteiger partial charge in [-0.25, -0.2) is 8.42 Å². The van der Waals surface area contributed by atoms with Crippen molar-refractivity contribution in [3.8, 4) is 5.75 Å². The summed E-state index contributed by atoms with van der Waals surface area (Å²) >= 11 is 6.14. The molecule has 0 saturated heterocycles. The van der Waals surface area contributed by atoms with Crippen LogP contribution >= 0.6 is 11.6 Å². The second-order valence-corrected chi connectivity index (χ2v) is 10.1. The summed E-state index contributed by atoms with van der Waals surface area (Å²) in [5.74, 6) is 1.91. The molecule has 1 aliphatic carbocycles. The van der Waals surface area contributed by atoms with Crippen LogP contribution in [0, 0.1) is 11.3 Å². The van der Waals surface area contributed by atoms with Crippen LogP contribution in [0.2, 0.25) is 5.02 Å². The highest BCUT2D eigenvalue weighted by Crippen LogP contribution is 2.66. The molecule has 1 fully saturated rings. The number of benzene rings is 2. The van der Waals surface area contributed by atoms with Crippen molar-refractivity contribution in [3.63, 3.8) is 0 Å². The van der Waals surface area contributed by atoms with E-state index in [0.29, 0.717) is 17.5 Å². The molecule has 0 heterocycles. The third-order valence-corrected chi connectivity index (χ3v) is 6.43. The summed E-state index contributed by atoms with van der Waals surface area (Å²) < 4.78 is 30.7. The summed E-state index contributed by atoms with van der Waals surface area (Å²) in [7, 11) is -1.57. The van der Waals surface area contributed by atoms with Crippen molar-refractivity contribution in [1.29, 1.82) is 0 Å². The number of nitrogens with one attached hydrogen (secondary N) is 1. The first-order valence-corrected chi connectivity index (χ1v) is 11.3. The van der Waals surface area contributed by atoms with Crippen LogP contribution in [-0.4, -0.2) is 21.8 Å². The molecular weight excluding hydrogens is 382 g/mol. The lowest BCUT2D eigenvalue weighted by Crippen LogP contribution is -2.09. The van der Waals surface area contributed by atoms with Crippen molar-refractivity contribution >= 4 is 27.3 Å². The van der Waals surface area contributed by atoms with Gasteiger partial charge in [-0.15, -0.1) is 0 Å². The monoisotopic (exact) mass is 407 g/mol. The molecule has 0 aromatic heterocycles. The summed E-state index contributed by atoms with van der Waals surface area (Å²) in [4.78, 5) is 0. The van der Waals surface area contributed by atoms with E-state index in [9.17, 15) is 8.42 Å². The van der Waals surface area contributed by atoms with Crippen LogP contribution in [0.3, 0.4) is 0 Å². The Labute approximate surface area is 166 Å². The molecule has 2 atom stereocenters. The van der Waals surface area contributed by atoms with Crippen molar-refractivity contribution < 1.29 is 13.2 Å². The molecule has 0 radical (unpaired) electrons. The summed E-state index contributed by atoms with van der Waals surface area (Å²) in [5.41, 5.74) is 3.21. The molecular formula is C21H26ClNO3S. The molecule has 6 heteroatoms. The van der Waals surface area contributed by atoms with Gasteiger partial charge in [-0.2, -0.15) is 0 Å². The summed E-state index contributed by atoms with van der Waals surface area (Å²) in [6.07, 6.45) is 3.13. The lowest BCUT2D eigenvalue weighted by Gasteiger charge is -2.09. The molecule has 1 N–H and O–H groups in total. The minimum Gasteiger partial charge on any atom is -0.496 e. The average molecular weight is 408 g/mol. The molecule has 27 heavy (non-hydrogen) atoms. The molecule has 3 rings (SSSR count). The number of hydrogen-bond donors (Lipinski definition) is 1. The van der Waals surface area contributed by atoms with Crippen molar-refractivity contribution in [2.75, 3.05) is 18.1 Å². The Morgan fingerprint density at radius 1 is 1.15 bits per heavy atom. The molecule has 0 spiro atoms. The SMILES string of the molecule is COc1ccc(Cl)cc1CC[C@H]1[C@H](c2ccc(NS(C)(=O)=O)cc2)C1(C)C. The van der Waals surface area contributed by atoms with Gasteiger partial charge in [-0.1, -0.05) is 37.6 Å². The molecule has 0 bridgehead atoms. The maximum absolute atomic E-state index is 11.4. The van der Waals surface area contributed by atoms with Crippen LogP contribution in [-0.2, 0) is 16.4 Å². The largest absolute Gasteiger partial charge is 0.496 e. The summed E-state index contributed by atoms with van der Waals surface area (Å²) in [5, 5.41) is 0.728. The topological polar surface area (TPSA) is 55.4 Å². The second kappa shape index (κ2) is 7.36. The molecule has 2 aromatic rings. The van der Waals surface area contributed by atoms with Gasteiger partial charge in [0.05, 0.1) is 13.4 Å². The van der Waals surface area contributed by atoms with Gasteiger partial charge in [0, 0.05) is 10.7 Å². The average Bonchev–Trinajstić information content (AvgIpc) is 3.13. The number of aryl methyl sites for hydroxylation is 1. The van der Waals surface area contributed by atoms with E-state index in [1.807, 2.05) is 42.5 Å². The lowest BCUT2D eigenvalue weighted by molar-refractivity contribution is 0.407. The van der Waals surface area contributed by atoms with E-state index in [1.165, 1.54) is 5.56 Å². The van der Waals surface area contributed by atoms with Gasteiger partial charge in [0.1, 0.15) is 5.75 Å². The maximum Gasteiger partial charge on any atom is 0.229 e. The number of rotatable bonds is 7. The molecule has 1 saturated carbocycles. The quantitative estimate of drug-likeness (QED) is 0.695. The Balaban J connectivity index is 1.69. The second-order valence-electron chi connectivity index (χ2n) is 7.90. The van der Waals surface area contributed by atoms with E-state index in [1.54, 1.807) is 7.11 Å². The maximum atomic E-state index is 11.4. The van der Waals surface area contributed by atoms with Crippen molar-refractivity contribution in [2.24, 2.45) is 11.3 Å². The van der Waals surface area contributed by atoms with Crippen LogP contribution in [0.25, 0.3) is 0 Å². The minimum atomic E-state index is -3.25. The number of sulfonamides is 1. The Morgan fingerprint density at radius 3 is 2.41 bits per heavy atom. The zero-order valence-corrected chi connectivity index (χ0v) is 17.7. The van der Waals surface area contributed by atoms with Gasteiger partial charge in [0.25, 0.3) is 0 Å². The normalized spacial score (nSPS) is 20.9. The lowest BCUT2D eigenvalue weighted by atomic mass is 10.0. The number of halogens is 1. The fraction of sp³-hybridized carbons (Fsp3) is 0.429. The highest BCUT2D eigenvalue weighted by Gasteiger charge is 2.57. The highest BCUT2D eigenvalue weighted by atomic mass is 35.5. The van der Waals surface area contributed by atoms with Gasteiger partial charge in [-0.3, -0.25) is 4.72 Å². The van der Waals surface area contributed by atoms with Gasteiger partial charge in [0.2, 0.25) is 10.0 Å². The Bertz CT molecular complexity index is 923. The van der Waals surface area contributed by atoms with Gasteiger partial charge in [-0.05, 0) is 71.6 Å². The molecule has 0 unspecified atom stereocenters. The third-order valence-electron chi connectivity index (χ3n) is 5.59. The smallest absolute Gasteiger partial charge is 0.229 e. The van der Waals surface area contributed by atoms with Gasteiger partial charge < -0.3 is 4.74 Å². The number of hydrogen-bond acceptors (Lipinski definition) is 3. The van der Waals surface area contributed by atoms with E-state index in [4.69, 9.17) is 16.3 Å². The molecule has 0 aliphatic heterocycles. The summed E-state index contributed by atoms with van der Waals surface area (Å²) in [6, 6.07) is 13.5.